The Bertz CT molecular complexity index is 1680. The molecular weight excluding hydrogens is 638 g/mol. The molecule has 1 spiro atoms. The number of amides is 3. The molecule has 0 saturated carbocycles. The molecule has 3 aromatic rings. The number of anilines is 1. The topological polar surface area (TPSA) is 90.4 Å². The van der Waals surface area contributed by atoms with E-state index in [0.717, 1.165) is 11.1 Å². The van der Waals surface area contributed by atoms with Crippen LogP contribution in [0.15, 0.2) is 110 Å². The Morgan fingerprint density at radius 3 is 2.18 bits per heavy atom. The van der Waals surface area contributed by atoms with E-state index in [1.807, 2.05) is 67.6 Å². The monoisotopic (exact) mass is 681 g/mol. The maximum atomic E-state index is 15.1. The van der Waals surface area contributed by atoms with Crippen molar-refractivity contribution in [3.63, 3.8) is 0 Å². The van der Waals surface area contributed by atoms with Gasteiger partial charge in [-0.05, 0) is 61.1 Å². The lowest BCUT2D eigenvalue weighted by molar-refractivity contribution is -0.153. The second kappa shape index (κ2) is 14.3. The van der Waals surface area contributed by atoms with E-state index in [9.17, 15) is 9.90 Å². The number of fused-ring (bicyclic) bond motifs is 1. The third-order valence-electron chi connectivity index (χ3n) is 10.6. The molecule has 3 fully saturated rings. The number of hydrogen-bond donors (Lipinski definition) is 1. The minimum absolute atomic E-state index is 0.174. The van der Waals surface area contributed by atoms with Gasteiger partial charge in [0, 0.05) is 30.3 Å². The van der Waals surface area contributed by atoms with E-state index >= 15 is 9.59 Å². The normalized spacial score (nSPS) is 25.9. The number of nitrogens with zero attached hydrogens (tertiary/aromatic N) is 3. The van der Waals surface area contributed by atoms with E-state index in [0.29, 0.717) is 49.5 Å². The standard InChI is InChI=1S/C40H44ClN3O5/c1-4-23-42(26-29-15-11-8-12-16-29)36(46)33-34-37(47)44(32(27-45)25-28-13-9-7-10-14-28)35(40(34)22-21-39(33,6-3)49-40)38(48)43(24-5-2)31-19-17-30(41)18-20-31/h4-5,7-20,32-35,45H,1-2,6,21-27H2,3H3/t32-,33+,34+,35?,39-,40?/m1/s1. The Balaban J connectivity index is 1.47. The Morgan fingerprint density at radius 1 is 0.959 bits per heavy atom. The molecule has 6 rings (SSSR count). The third kappa shape index (κ3) is 6.11. The number of carbonyl (C=O) groups is 3. The molecule has 3 aromatic carbocycles. The summed E-state index contributed by atoms with van der Waals surface area (Å²) in [5, 5.41) is 11.4. The average molecular weight is 682 g/mol. The summed E-state index contributed by atoms with van der Waals surface area (Å²) in [6.45, 7) is 10.2. The maximum absolute atomic E-state index is 15.1. The molecule has 9 heteroatoms. The molecule has 0 radical (unpaired) electrons. The number of rotatable bonds is 14. The Labute approximate surface area is 293 Å². The zero-order valence-corrected chi connectivity index (χ0v) is 28.7. The summed E-state index contributed by atoms with van der Waals surface area (Å²) in [6.07, 6.45) is 5.12. The van der Waals surface area contributed by atoms with Crippen molar-refractivity contribution in [2.24, 2.45) is 11.8 Å². The number of aliphatic hydroxyl groups is 1. The number of benzene rings is 3. The molecule has 3 heterocycles. The van der Waals surface area contributed by atoms with Gasteiger partial charge in [-0.2, -0.15) is 0 Å². The number of hydrogen-bond acceptors (Lipinski definition) is 5. The third-order valence-corrected chi connectivity index (χ3v) is 10.9. The highest BCUT2D eigenvalue weighted by Gasteiger charge is 2.79. The second-order valence-electron chi connectivity index (χ2n) is 13.3. The molecule has 3 aliphatic heterocycles. The summed E-state index contributed by atoms with van der Waals surface area (Å²) < 4.78 is 7.08. The van der Waals surface area contributed by atoms with Crippen LogP contribution >= 0.6 is 11.6 Å². The van der Waals surface area contributed by atoms with Crippen LogP contribution in [0.5, 0.6) is 0 Å². The molecule has 3 amide bonds. The molecule has 8 nitrogen and oxygen atoms in total. The van der Waals surface area contributed by atoms with Gasteiger partial charge in [0.25, 0.3) is 5.91 Å². The van der Waals surface area contributed by atoms with E-state index in [2.05, 4.69) is 13.2 Å². The predicted molar refractivity (Wildman–Crippen MR) is 191 cm³/mol. The molecule has 1 N–H and O–H groups in total. The van der Waals surface area contributed by atoms with Crippen LogP contribution < -0.4 is 4.90 Å². The first-order valence-electron chi connectivity index (χ1n) is 17.0. The molecular formula is C40H44ClN3O5. The molecule has 0 aliphatic carbocycles. The van der Waals surface area contributed by atoms with E-state index in [4.69, 9.17) is 16.3 Å². The molecule has 2 bridgehead atoms. The van der Waals surface area contributed by atoms with E-state index in [1.54, 1.807) is 51.1 Å². The largest absolute Gasteiger partial charge is 0.394 e. The van der Waals surface area contributed by atoms with Gasteiger partial charge in [0.2, 0.25) is 11.8 Å². The van der Waals surface area contributed by atoms with Crippen molar-refractivity contribution in [2.45, 2.75) is 62.4 Å². The van der Waals surface area contributed by atoms with E-state index in [1.165, 1.54) is 0 Å². The Kier molecular flexibility index (Phi) is 10.1. The van der Waals surface area contributed by atoms with Crippen molar-refractivity contribution in [2.75, 3.05) is 24.6 Å². The number of aliphatic hydroxyl groups excluding tert-OH is 1. The first kappa shape index (κ1) is 34.6. The predicted octanol–water partition coefficient (Wildman–Crippen LogP) is 5.83. The first-order chi connectivity index (χ1) is 23.7. The summed E-state index contributed by atoms with van der Waals surface area (Å²) in [6, 6.07) is 24.5. The van der Waals surface area contributed by atoms with Crippen LogP contribution in [0.2, 0.25) is 5.02 Å². The fourth-order valence-corrected chi connectivity index (χ4v) is 8.58. The van der Waals surface area contributed by atoms with Crippen LogP contribution in [0.25, 0.3) is 0 Å². The molecule has 3 saturated heterocycles. The van der Waals surface area contributed by atoms with Gasteiger partial charge in [-0.25, -0.2) is 0 Å². The molecule has 0 aromatic heterocycles. The van der Waals surface area contributed by atoms with Gasteiger partial charge in [0.1, 0.15) is 11.6 Å². The SMILES string of the molecule is C=CCN(Cc1ccccc1)C(=O)[C@@H]1[C@H]2C(=O)N([C@@H](CO)Cc3ccccc3)C(C(=O)N(CC=C)c3ccc(Cl)cc3)C23CC[C@@]1(CC)O3. The van der Waals surface area contributed by atoms with Gasteiger partial charge < -0.3 is 24.5 Å². The Hall–Kier alpha value is -4.24. The number of ether oxygens (including phenoxy) is 1. The minimum Gasteiger partial charge on any atom is -0.394 e. The lowest BCUT2D eigenvalue weighted by Crippen LogP contribution is -2.59. The number of carbonyl (C=O) groups excluding carboxylic acids is 3. The van der Waals surface area contributed by atoms with Crippen LogP contribution in [-0.4, -0.2) is 75.6 Å². The lowest BCUT2D eigenvalue weighted by atomic mass is 9.64. The Morgan fingerprint density at radius 2 is 1.59 bits per heavy atom. The van der Waals surface area contributed by atoms with Crippen LogP contribution in [0, 0.1) is 11.8 Å². The van der Waals surface area contributed by atoms with Crippen molar-refractivity contribution in [1.82, 2.24) is 9.80 Å². The smallest absolute Gasteiger partial charge is 0.253 e. The van der Waals surface area contributed by atoms with Crippen LogP contribution in [-0.2, 0) is 32.1 Å². The highest BCUT2D eigenvalue weighted by atomic mass is 35.5. The first-order valence-corrected chi connectivity index (χ1v) is 17.4. The fourth-order valence-electron chi connectivity index (χ4n) is 8.45. The summed E-state index contributed by atoms with van der Waals surface area (Å²) in [7, 11) is 0. The van der Waals surface area contributed by atoms with Crippen molar-refractivity contribution >= 4 is 35.0 Å². The van der Waals surface area contributed by atoms with Gasteiger partial charge in [-0.1, -0.05) is 91.3 Å². The number of likely N-dealkylation sites (tertiary alicyclic amines) is 1. The summed E-state index contributed by atoms with van der Waals surface area (Å²) in [5.74, 6) is -2.61. The van der Waals surface area contributed by atoms with Gasteiger partial charge in [0.15, 0.2) is 0 Å². The second-order valence-corrected chi connectivity index (χ2v) is 13.7. The molecule has 6 atom stereocenters. The van der Waals surface area contributed by atoms with Gasteiger partial charge in [-0.3, -0.25) is 14.4 Å². The van der Waals surface area contributed by atoms with Crippen LogP contribution in [0.1, 0.15) is 37.3 Å². The van der Waals surface area contributed by atoms with Crippen molar-refractivity contribution in [3.05, 3.63) is 126 Å². The molecule has 3 aliphatic rings. The molecule has 2 unspecified atom stereocenters. The van der Waals surface area contributed by atoms with Crippen molar-refractivity contribution in [3.8, 4) is 0 Å². The summed E-state index contributed by atoms with van der Waals surface area (Å²) >= 11 is 6.21. The quantitative estimate of drug-likeness (QED) is 0.216. The zero-order valence-electron chi connectivity index (χ0n) is 27.9. The van der Waals surface area contributed by atoms with Gasteiger partial charge in [0.05, 0.1) is 30.1 Å². The maximum Gasteiger partial charge on any atom is 0.253 e. The molecule has 49 heavy (non-hydrogen) atoms. The zero-order chi connectivity index (χ0) is 34.8. The number of halogens is 1. The van der Waals surface area contributed by atoms with Crippen LogP contribution in [0.4, 0.5) is 5.69 Å². The lowest BCUT2D eigenvalue weighted by Gasteiger charge is -2.39. The van der Waals surface area contributed by atoms with Gasteiger partial charge >= 0.3 is 0 Å². The summed E-state index contributed by atoms with van der Waals surface area (Å²) in [5.41, 5.74) is 0.276. The molecule has 256 valence electrons. The van der Waals surface area contributed by atoms with Gasteiger partial charge in [-0.15, -0.1) is 13.2 Å². The fraction of sp³-hybridized carbons (Fsp3) is 0.375. The summed E-state index contributed by atoms with van der Waals surface area (Å²) in [4.78, 5) is 49.9. The van der Waals surface area contributed by atoms with Crippen LogP contribution in [0.3, 0.4) is 0 Å². The van der Waals surface area contributed by atoms with E-state index in [-0.39, 0.29) is 30.9 Å². The average Bonchev–Trinajstić information content (AvgIpc) is 3.73. The van der Waals surface area contributed by atoms with Crippen molar-refractivity contribution in [1.29, 1.82) is 0 Å². The van der Waals surface area contributed by atoms with Crippen molar-refractivity contribution < 1.29 is 24.2 Å². The minimum atomic E-state index is -1.27. The van der Waals surface area contributed by atoms with E-state index < -0.39 is 35.1 Å². The highest BCUT2D eigenvalue weighted by molar-refractivity contribution is 6.30. The highest BCUT2D eigenvalue weighted by Crippen LogP contribution is 2.65.